The van der Waals surface area contributed by atoms with E-state index in [0.717, 1.165) is 28.8 Å². The molecular formula is C25H28BrN3O4. The molecule has 4 rings (SSSR count). The SMILES string of the molecule is CN(C)c1ccc(C2/C(=C(/O)c3ccc(Br)cc3)C(=O)C(=O)N2CCN2CCOCC2)cc1. The molecule has 2 fully saturated rings. The van der Waals surface area contributed by atoms with Gasteiger partial charge in [0.2, 0.25) is 0 Å². The van der Waals surface area contributed by atoms with Crippen LogP contribution in [-0.4, -0.2) is 80.1 Å². The van der Waals surface area contributed by atoms with Crippen LogP contribution in [-0.2, 0) is 14.3 Å². The van der Waals surface area contributed by atoms with E-state index < -0.39 is 17.7 Å². The molecule has 1 N–H and O–H groups in total. The number of ketones is 1. The van der Waals surface area contributed by atoms with Crippen molar-refractivity contribution in [1.29, 1.82) is 0 Å². The minimum absolute atomic E-state index is 0.127. The van der Waals surface area contributed by atoms with Crippen molar-refractivity contribution in [2.45, 2.75) is 6.04 Å². The topological polar surface area (TPSA) is 73.3 Å². The summed E-state index contributed by atoms with van der Waals surface area (Å²) < 4.78 is 6.27. The number of benzene rings is 2. The zero-order valence-corrected chi connectivity index (χ0v) is 20.4. The first-order chi connectivity index (χ1) is 15.9. The van der Waals surface area contributed by atoms with E-state index in [4.69, 9.17) is 4.74 Å². The number of Topliss-reactive ketones (excluding diaryl/α,β-unsaturated/α-hetero) is 1. The molecule has 2 aromatic carbocycles. The Bertz CT molecular complexity index is 1040. The second-order valence-corrected chi connectivity index (χ2v) is 9.36. The predicted molar refractivity (Wildman–Crippen MR) is 131 cm³/mol. The second kappa shape index (κ2) is 10.1. The molecule has 0 spiro atoms. The minimum Gasteiger partial charge on any atom is -0.507 e. The highest BCUT2D eigenvalue weighted by molar-refractivity contribution is 9.10. The number of carbonyl (C=O) groups excluding carboxylic acids is 2. The monoisotopic (exact) mass is 513 g/mol. The summed E-state index contributed by atoms with van der Waals surface area (Å²) in [4.78, 5) is 32.1. The van der Waals surface area contributed by atoms with Crippen molar-refractivity contribution >= 4 is 39.1 Å². The summed E-state index contributed by atoms with van der Waals surface area (Å²) in [6.45, 7) is 3.95. The molecule has 2 aromatic rings. The van der Waals surface area contributed by atoms with Crippen LogP contribution in [0.4, 0.5) is 5.69 Å². The van der Waals surface area contributed by atoms with Gasteiger partial charge in [-0.2, -0.15) is 0 Å². The fourth-order valence-corrected chi connectivity index (χ4v) is 4.51. The second-order valence-electron chi connectivity index (χ2n) is 8.44. The Labute approximate surface area is 202 Å². The Morgan fingerprint density at radius 2 is 1.67 bits per heavy atom. The van der Waals surface area contributed by atoms with E-state index in [9.17, 15) is 14.7 Å². The summed E-state index contributed by atoms with van der Waals surface area (Å²) >= 11 is 3.39. The van der Waals surface area contributed by atoms with Gasteiger partial charge < -0.3 is 19.6 Å². The van der Waals surface area contributed by atoms with Crippen molar-refractivity contribution in [3.63, 3.8) is 0 Å². The Morgan fingerprint density at radius 1 is 1.03 bits per heavy atom. The summed E-state index contributed by atoms with van der Waals surface area (Å²) in [5.41, 5.74) is 2.43. The van der Waals surface area contributed by atoms with Gasteiger partial charge in [-0.25, -0.2) is 0 Å². The summed E-state index contributed by atoms with van der Waals surface area (Å²) in [6.07, 6.45) is 0. The van der Waals surface area contributed by atoms with Crippen LogP contribution in [0.15, 0.2) is 58.6 Å². The number of amides is 1. The van der Waals surface area contributed by atoms with Crippen LogP contribution in [0.2, 0.25) is 0 Å². The van der Waals surface area contributed by atoms with Gasteiger partial charge in [0.15, 0.2) is 0 Å². The average molecular weight is 514 g/mol. The third-order valence-electron chi connectivity index (χ3n) is 6.14. The lowest BCUT2D eigenvalue weighted by molar-refractivity contribution is -0.140. The zero-order valence-electron chi connectivity index (χ0n) is 18.8. The molecule has 0 saturated carbocycles. The van der Waals surface area contributed by atoms with E-state index in [2.05, 4.69) is 20.8 Å². The van der Waals surface area contributed by atoms with E-state index in [1.165, 1.54) is 0 Å². The van der Waals surface area contributed by atoms with E-state index >= 15 is 0 Å². The summed E-state index contributed by atoms with van der Waals surface area (Å²) in [5, 5.41) is 11.1. The van der Waals surface area contributed by atoms with Gasteiger partial charge in [0.25, 0.3) is 11.7 Å². The van der Waals surface area contributed by atoms with Crippen LogP contribution >= 0.6 is 15.9 Å². The lowest BCUT2D eigenvalue weighted by Crippen LogP contribution is -2.42. The van der Waals surface area contributed by atoms with Gasteiger partial charge in [-0.05, 0) is 29.8 Å². The number of rotatable bonds is 6. The van der Waals surface area contributed by atoms with Crippen LogP contribution < -0.4 is 4.90 Å². The van der Waals surface area contributed by atoms with E-state index in [0.29, 0.717) is 31.9 Å². The van der Waals surface area contributed by atoms with Gasteiger partial charge >= 0.3 is 0 Å². The molecule has 1 unspecified atom stereocenters. The number of halogens is 1. The number of carbonyl (C=O) groups is 2. The number of likely N-dealkylation sites (tertiary alicyclic amines) is 1. The van der Waals surface area contributed by atoms with Crippen LogP contribution in [0.5, 0.6) is 0 Å². The molecule has 0 radical (unpaired) electrons. The Kier molecular flexibility index (Phi) is 7.17. The molecule has 2 aliphatic rings. The number of morpholine rings is 1. The van der Waals surface area contributed by atoms with E-state index in [1.54, 1.807) is 29.2 Å². The fourth-order valence-electron chi connectivity index (χ4n) is 4.25. The highest BCUT2D eigenvalue weighted by Gasteiger charge is 2.46. The summed E-state index contributed by atoms with van der Waals surface area (Å²) in [7, 11) is 3.91. The number of nitrogens with zero attached hydrogens (tertiary/aromatic N) is 3. The number of aliphatic hydroxyl groups excluding tert-OH is 1. The number of ether oxygens (including phenoxy) is 1. The number of anilines is 1. The molecule has 2 aliphatic heterocycles. The lowest BCUT2D eigenvalue weighted by atomic mass is 9.95. The van der Waals surface area contributed by atoms with Gasteiger partial charge in [-0.1, -0.05) is 40.2 Å². The number of hydrogen-bond donors (Lipinski definition) is 1. The maximum absolute atomic E-state index is 13.1. The van der Waals surface area contributed by atoms with Crippen molar-refractivity contribution in [2.24, 2.45) is 0 Å². The molecule has 0 bridgehead atoms. The van der Waals surface area contributed by atoms with E-state index in [-0.39, 0.29) is 11.3 Å². The average Bonchev–Trinajstić information content (AvgIpc) is 3.08. The fraction of sp³-hybridized carbons (Fsp3) is 0.360. The first-order valence-electron chi connectivity index (χ1n) is 11.0. The standard InChI is InChI=1S/C25H28BrN3O4/c1-27(2)20-9-5-17(6-10-20)22-21(23(30)18-3-7-19(26)8-4-18)24(31)25(32)29(22)12-11-28-13-15-33-16-14-28/h3-10,22,30H,11-16H2,1-2H3/b23-21-. The van der Waals surface area contributed by atoms with Gasteiger partial charge in [-0.3, -0.25) is 14.5 Å². The molecule has 8 heteroatoms. The Balaban J connectivity index is 1.73. The predicted octanol–water partition coefficient (Wildman–Crippen LogP) is 3.27. The minimum atomic E-state index is -0.654. The smallest absolute Gasteiger partial charge is 0.295 e. The third-order valence-corrected chi connectivity index (χ3v) is 6.67. The lowest BCUT2D eigenvalue weighted by Gasteiger charge is -2.31. The van der Waals surface area contributed by atoms with Crippen LogP contribution in [0.25, 0.3) is 5.76 Å². The molecule has 0 aromatic heterocycles. The zero-order chi connectivity index (χ0) is 23.5. The van der Waals surface area contributed by atoms with Gasteiger partial charge in [0, 0.05) is 56.0 Å². The summed E-state index contributed by atoms with van der Waals surface area (Å²) in [5.74, 6) is -1.39. The molecular weight excluding hydrogens is 486 g/mol. The Hall–Kier alpha value is -2.68. The van der Waals surface area contributed by atoms with E-state index in [1.807, 2.05) is 43.3 Å². The van der Waals surface area contributed by atoms with Gasteiger partial charge in [-0.15, -0.1) is 0 Å². The largest absolute Gasteiger partial charge is 0.507 e. The maximum atomic E-state index is 13.1. The molecule has 33 heavy (non-hydrogen) atoms. The molecule has 174 valence electrons. The van der Waals surface area contributed by atoms with Crippen molar-refractivity contribution in [1.82, 2.24) is 9.80 Å². The van der Waals surface area contributed by atoms with Crippen molar-refractivity contribution in [3.8, 4) is 0 Å². The van der Waals surface area contributed by atoms with Crippen LogP contribution in [0.3, 0.4) is 0 Å². The third kappa shape index (κ3) is 4.98. The molecule has 0 aliphatic carbocycles. The molecule has 1 atom stereocenters. The summed E-state index contributed by atoms with van der Waals surface area (Å²) in [6, 6.07) is 14.2. The van der Waals surface area contributed by atoms with Gasteiger partial charge in [0.1, 0.15) is 5.76 Å². The molecule has 7 nitrogen and oxygen atoms in total. The van der Waals surface area contributed by atoms with Crippen molar-refractivity contribution in [3.05, 3.63) is 69.7 Å². The highest BCUT2D eigenvalue weighted by Crippen LogP contribution is 2.39. The van der Waals surface area contributed by atoms with Crippen molar-refractivity contribution < 1.29 is 19.4 Å². The van der Waals surface area contributed by atoms with Gasteiger partial charge in [0.05, 0.1) is 24.8 Å². The highest BCUT2D eigenvalue weighted by atomic mass is 79.9. The number of hydrogen-bond acceptors (Lipinski definition) is 6. The first-order valence-corrected chi connectivity index (χ1v) is 11.8. The first kappa shape index (κ1) is 23.5. The number of aliphatic hydroxyl groups is 1. The Morgan fingerprint density at radius 3 is 2.27 bits per heavy atom. The maximum Gasteiger partial charge on any atom is 0.295 e. The van der Waals surface area contributed by atoms with Crippen LogP contribution in [0, 0.1) is 0 Å². The van der Waals surface area contributed by atoms with Crippen LogP contribution in [0.1, 0.15) is 17.2 Å². The normalized spacial score (nSPS) is 20.9. The quantitative estimate of drug-likeness (QED) is 0.363. The molecule has 2 heterocycles. The van der Waals surface area contributed by atoms with Crippen molar-refractivity contribution in [2.75, 3.05) is 58.4 Å². The molecule has 1 amide bonds. The molecule has 2 saturated heterocycles.